The fourth-order valence-corrected chi connectivity index (χ4v) is 6.11. The summed E-state index contributed by atoms with van der Waals surface area (Å²) in [5.74, 6) is -0.624. The summed E-state index contributed by atoms with van der Waals surface area (Å²) in [4.78, 5) is 27.1. The highest BCUT2D eigenvalue weighted by molar-refractivity contribution is 7.89. The van der Waals surface area contributed by atoms with Crippen molar-refractivity contribution in [3.8, 4) is 0 Å². The number of sulfonamides is 1. The molecule has 2 aromatic rings. The van der Waals surface area contributed by atoms with Crippen LogP contribution in [0.4, 0.5) is 0 Å². The lowest BCUT2D eigenvalue weighted by Gasteiger charge is -2.20. The quantitative estimate of drug-likeness (QED) is 0.645. The van der Waals surface area contributed by atoms with Gasteiger partial charge in [0.25, 0.3) is 0 Å². The molecule has 6 nitrogen and oxygen atoms in total. The third kappa shape index (κ3) is 4.16. The van der Waals surface area contributed by atoms with Crippen molar-refractivity contribution in [1.29, 1.82) is 0 Å². The lowest BCUT2D eigenvalue weighted by atomic mass is 9.81. The Labute approximate surface area is 183 Å². The number of amides is 2. The van der Waals surface area contributed by atoms with Crippen molar-refractivity contribution in [2.24, 2.45) is 11.8 Å². The first kappa shape index (κ1) is 21.7. The third-order valence-corrected chi connectivity index (χ3v) is 8.41. The van der Waals surface area contributed by atoms with Crippen LogP contribution in [0.2, 0.25) is 0 Å². The molecule has 1 saturated carbocycles. The molecule has 7 heteroatoms. The molecule has 1 aliphatic heterocycles. The van der Waals surface area contributed by atoms with Gasteiger partial charge in [0.15, 0.2) is 0 Å². The maximum atomic E-state index is 13.3. The molecule has 2 aromatic carbocycles. The van der Waals surface area contributed by atoms with E-state index in [1.807, 2.05) is 30.3 Å². The predicted molar refractivity (Wildman–Crippen MR) is 117 cm³/mol. The SMILES string of the molecule is Cc1ccc(CN2C(=O)C3CCCCC3C2=O)cc1S(=O)(=O)N(C)Cc1ccccc1. The molecule has 0 N–H and O–H groups in total. The number of hydrogen-bond donors (Lipinski definition) is 0. The number of fused-ring (bicyclic) bond motifs is 1. The molecule has 0 radical (unpaired) electrons. The zero-order chi connectivity index (χ0) is 22.2. The summed E-state index contributed by atoms with van der Waals surface area (Å²) < 4.78 is 27.8. The molecule has 2 amide bonds. The monoisotopic (exact) mass is 440 g/mol. The van der Waals surface area contributed by atoms with Gasteiger partial charge in [-0.15, -0.1) is 0 Å². The summed E-state index contributed by atoms with van der Waals surface area (Å²) >= 11 is 0. The molecule has 4 rings (SSSR count). The summed E-state index contributed by atoms with van der Waals surface area (Å²) in [5.41, 5.74) is 2.19. The molecule has 2 unspecified atom stereocenters. The molecule has 31 heavy (non-hydrogen) atoms. The Balaban J connectivity index is 1.57. The van der Waals surface area contributed by atoms with Crippen LogP contribution in [0.15, 0.2) is 53.4 Å². The van der Waals surface area contributed by atoms with E-state index in [1.54, 1.807) is 32.2 Å². The van der Waals surface area contributed by atoms with E-state index in [4.69, 9.17) is 0 Å². The Hall–Kier alpha value is -2.51. The topological polar surface area (TPSA) is 74.8 Å². The number of imide groups is 1. The van der Waals surface area contributed by atoms with Gasteiger partial charge in [0.2, 0.25) is 21.8 Å². The standard InChI is InChI=1S/C24H28N2O4S/c1-17-12-13-19(16-26-23(27)20-10-6-7-11-21(20)24(26)28)14-22(17)31(29,30)25(2)15-18-8-4-3-5-9-18/h3-5,8-9,12-14,20-21H,6-7,10-11,15-16H2,1-2H3. The van der Waals surface area contributed by atoms with Crippen molar-refractivity contribution < 1.29 is 18.0 Å². The number of carbonyl (C=O) groups is 2. The van der Waals surface area contributed by atoms with Gasteiger partial charge in [0.1, 0.15) is 0 Å². The second kappa shape index (κ2) is 8.55. The van der Waals surface area contributed by atoms with Gasteiger partial charge in [-0.05, 0) is 42.5 Å². The van der Waals surface area contributed by atoms with Gasteiger partial charge >= 0.3 is 0 Å². The number of nitrogens with zero attached hydrogens (tertiary/aromatic N) is 2. The van der Waals surface area contributed by atoms with E-state index in [2.05, 4.69) is 0 Å². The predicted octanol–water partition coefficient (Wildman–Crippen LogP) is 3.49. The second-order valence-corrected chi connectivity index (χ2v) is 10.6. The number of rotatable bonds is 6. The van der Waals surface area contributed by atoms with Crippen LogP contribution in [0.5, 0.6) is 0 Å². The minimum atomic E-state index is -3.73. The smallest absolute Gasteiger partial charge is 0.243 e. The highest BCUT2D eigenvalue weighted by Crippen LogP contribution is 2.38. The Morgan fingerprint density at radius 3 is 2.16 bits per heavy atom. The minimum absolute atomic E-state index is 0.110. The molecule has 0 bridgehead atoms. The van der Waals surface area contributed by atoms with E-state index in [1.165, 1.54) is 9.21 Å². The van der Waals surface area contributed by atoms with E-state index < -0.39 is 10.0 Å². The Kier molecular flexibility index (Phi) is 5.99. The van der Waals surface area contributed by atoms with E-state index >= 15 is 0 Å². The molecule has 2 atom stereocenters. The van der Waals surface area contributed by atoms with Crippen LogP contribution in [-0.4, -0.2) is 36.5 Å². The number of likely N-dealkylation sites (tertiary alicyclic amines) is 1. The zero-order valence-corrected chi connectivity index (χ0v) is 18.8. The van der Waals surface area contributed by atoms with Gasteiger partial charge < -0.3 is 0 Å². The first-order chi connectivity index (χ1) is 14.8. The van der Waals surface area contributed by atoms with Crippen LogP contribution in [-0.2, 0) is 32.7 Å². The van der Waals surface area contributed by atoms with Crippen LogP contribution in [0, 0.1) is 18.8 Å². The number of carbonyl (C=O) groups excluding carboxylic acids is 2. The molecule has 164 valence electrons. The fraction of sp³-hybridized carbons (Fsp3) is 0.417. The molecule has 2 aliphatic rings. The van der Waals surface area contributed by atoms with Gasteiger partial charge in [-0.3, -0.25) is 14.5 Å². The van der Waals surface area contributed by atoms with Gasteiger partial charge in [0, 0.05) is 13.6 Å². The summed E-state index contributed by atoms with van der Waals surface area (Å²) in [6.07, 6.45) is 3.50. The Morgan fingerprint density at radius 2 is 1.55 bits per heavy atom. The largest absolute Gasteiger partial charge is 0.278 e. The zero-order valence-electron chi connectivity index (χ0n) is 18.0. The molecule has 2 fully saturated rings. The lowest BCUT2D eigenvalue weighted by Crippen LogP contribution is -2.31. The normalized spacial score (nSPS) is 21.6. The van der Waals surface area contributed by atoms with Gasteiger partial charge in [-0.2, -0.15) is 4.31 Å². The first-order valence-corrected chi connectivity index (χ1v) is 12.2. The van der Waals surface area contributed by atoms with Crippen molar-refractivity contribution in [2.45, 2.75) is 50.6 Å². The van der Waals surface area contributed by atoms with Crippen LogP contribution in [0.1, 0.15) is 42.4 Å². The van der Waals surface area contributed by atoms with Gasteiger partial charge in [-0.1, -0.05) is 55.3 Å². The fourth-order valence-electron chi connectivity index (χ4n) is 4.68. The summed E-state index contributed by atoms with van der Waals surface area (Å²) in [6.45, 7) is 2.14. The molecule has 0 aromatic heterocycles. The van der Waals surface area contributed by atoms with Crippen LogP contribution < -0.4 is 0 Å². The maximum absolute atomic E-state index is 13.3. The van der Waals surface area contributed by atoms with Crippen LogP contribution in [0.3, 0.4) is 0 Å². The van der Waals surface area contributed by atoms with Crippen molar-refractivity contribution in [1.82, 2.24) is 9.21 Å². The number of benzene rings is 2. The highest BCUT2D eigenvalue weighted by atomic mass is 32.2. The average Bonchev–Trinajstić information content (AvgIpc) is 3.00. The van der Waals surface area contributed by atoms with E-state index in [9.17, 15) is 18.0 Å². The Bertz CT molecular complexity index is 1070. The third-order valence-electron chi connectivity index (χ3n) is 6.46. The van der Waals surface area contributed by atoms with Crippen molar-refractivity contribution in [2.75, 3.05) is 7.05 Å². The molecule has 0 spiro atoms. The average molecular weight is 441 g/mol. The highest BCUT2D eigenvalue weighted by Gasteiger charge is 2.47. The maximum Gasteiger partial charge on any atom is 0.243 e. The molecule has 1 aliphatic carbocycles. The lowest BCUT2D eigenvalue weighted by molar-refractivity contribution is -0.140. The molecular weight excluding hydrogens is 412 g/mol. The summed E-state index contributed by atoms with van der Waals surface area (Å²) in [6, 6.07) is 14.6. The van der Waals surface area contributed by atoms with E-state index in [-0.39, 0.29) is 41.6 Å². The summed E-state index contributed by atoms with van der Waals surface area (Å²) in [7, 11) is -2.16. The minimum Gasteiger partial charge on any atom is -0.278 e. The van der Waals surface area contributed by atoms with Gasteiger partial charge in [-0.25, -0.2) is 8.42 Å². The number of hydrogen-bond acceptors (Lipinski definition) is 4. The summed E-state index contributed by atoms with van der Waals surface area (Å²) in [5, 5.41) is 0. The van der Waals surface area contributed by atoms with Gasteiger partial charge in [0.05, 0.1) is 23.3 Å². The second-order valence-electron chi connectivity index (χ2n) is 8.61. The Morgan fingerprint density at radius 1 is 0.935 bits per heavy atom. The molecular formula is C24H28N2O4S. The van der Waals surface area contributed by atoms with Crippen molar-refractivity contribution in [3.05, 3.63) is 65.2 Å². The molecule has 1 saturated heterocycles. The first-order valence-electron chi connectivity index (χ1n) is 10.7. The van der Waals surface area contributed by atoms with E-state index in [0.29, 0.717) is 11.1 Å². The van der Waals surface area contributed by atoms with E-state index in [0.717, 1.165) is 31.2 Å². The van der Waals surface area contributed by atoms with Crippen molar-refractivity contribution >= 4 is 21.8 Å². The van der Waals surface area contributed by atoms with Crippen LogP contribution >= 0.6 is 0 Å². The van der Waals surface area contributed by atoms with Crippen molar-refractivity contribution in [3.63, 3.8) is 0 Å². The number of aryl methyl sites for hydroxylation is 1. The molecule has 1 heterocycles. The van der Waals surface area contributed by atoms with Crippen LogP contribution in [0.25, 0.3) is 0 Å².